The molecule has 2 atom stereocenters. The minimum atomic E-state index is 0.121. The zero-order chi connectivity index (χ0) is 18.0. The highest BCUT2D eigenvalue weighted by molar-refractivity contribution is 7.14. The number of carbonyl (C=O) groups is 1. The van der Waals surface area contributed by atoms with Crippen molar-refractivity contribution in [1.29, 1.82) is 0 Å². The van der Waals surface area contributed by atoms with Crippen molar-refractivity contribution >= 4 is 17.2 Å². The first-order valence-electron chi connectivity index (χ1n) is 8.79. The van der Waals surface area contributed by atoms with Crippen LogP contribution in [0.4, 0.5) is 0 Å². The van der Waals surface area contributed by atoms with Crippen LogP contribution in [-0.2, 0) is 0 Å². The number of hydrogen-bond acceptors (Lipinski definition) is 4. The molecule has 1 fully saturated rings. The fraction of sp³-hybridized carbons (Fsp3) is 0.450. The second kappa shape index (κ2) is 7.58. The van der Waals surface area contributed by atoms with Gasteiger partial charge in [-0.2, -0.15) is 0 Å². The van der Waals surface area contributed by atoms with Crippen LogP contribution in [0, 0.1) is 12.8 Å². The zero-order valence-electron chi connectivity index (χ0n) is 15.1. The van der Waals surface area contributed by atoms with Crippen LogP contribution in [0.3, 0.4) is 0 Å². The first kappa shape index (κ1) is 18.0. The van der Waals surface area contributed by atoms with E-state index in [4.69, 9.17) is 10.5 Å². The highest BCUT2D eigenvalue weighted by atomic mass is 32.1. The molecule has 2 heterocycles. The topological polar surface area (TPSA) is 55.6 Å². The Morgan fingerprint density at radius 1 is 1.36 bits per heavy atom. The third kappa shape index (κ3) is 3.72. The molecule has 2 unspecified atom stereocenters. The average Bonchev–Trinajstić information content (AvgIpc) is 3.02. The molecule has 0 saturated carbocycles. The SMILES string of the molecule is COc1ccc(-c2cc(C(=O)N3CCC(C)CC3CN)sc2C)cc1. The molecule has 0 spiro atoms. The minimum absolute atomic E-state index is 0.121. The predicted octanol–water partition coefficient (Wildman–Crippen LogP) is 3.93. The van der Waals surface area contributed by atoms with Gasteiger partial charge in [0.2, 0.25) is 0 Å². The summed E-state index contributed by atoms with van der Waals surface area (Å²) in [5, 5.41) is 0. The molecule has 2 N–H and O–H groups in total. The van der Waals surface area contributed by atoms with Crippen molar-refractivity contribution in [1.82, 2.24) is 4.90 Å². The van der Waals surface area contributed by atoms with E-state index in [1.807, 2.05) is 35.2 Å². The first-order chi connectivity index (χ1) is 12.0. The third-order valence-electron chi connectivity index (χ3n) is 5.04. The van der Waals surface area contributed by atoms with Gasteiger partial charge in [0.1, 0.15) is 5.75 Å². The van der Waals surface area contributed by atoms with Gasteiger partial charge < -0.3 is 15.4 Å². The van der Waals surface area contributed by atoms with Crippen molar-refractivity contribution in [2.24, 2.45) is 11.7 Å². The second-order valence-electron chi connectivity index (χ2n) is 6.83. The fourth-order valence-electron chi connectivity index (χ4n) is 3.53. The fourth-order valence-corrected chi connectivity index (χ4v) is 4.53. The number of amides is 1. The lowest BCUT2D eigenvalue weighted by atomic mass is 9.92. The lowest BCUT2D eigenvalue weighted by Crippen LogP contribution is -2.49. The smallest absolute Gasteiger partial charge is 0.264 e. The van der Waals surface area contributed by atoms with Gasteiger partial charge in [0, 0.05) is 24.0 Å². The molecule has 3 rings (SSSR count). The molecule has 1 aliphatic rings. The van der Waals surface area contributed by atoms with E-state index in [0.29, 0.717) is 12.5 Å². The quantitative estimate of drug-likeness (QED) is 0.901. The van der Waals surface area contributed by atoms with Gasteiger partial charge in [-0.25, -0.2) is 0 Å². The molecule has 0 bridgehead atoms. The normalized spacial score (nSPS) is 20.6. The van der Waals surface area contributed by atoms with Crippen LogP contribution >= 0.6 is 11.3 Å². The van der Waals surface area contributed by atoms with Crippen LogP contribution < -0.4 is 10.5 Å². The third-order valence-corrected chi connectivity index (χ3v) is 6.08. The number of thiophene rings is 1. The van der Waals surface area contributed by atoms with E-state index in [1.54, 1.807) is 18.4 Å². The Morgan fingerprint density at radius 2 is 2.08 bits per heavy atom. The molecule has 1 saturated heterocycles. The standard InChI is InChI=1S/C20H26N2O2S/c1-13-8-9-22(16(10-13)12-21)20(23)19-11-18(14(2)25-19)15-4-6-17(24-3)7-5-15/h4-7,11,13,16H,8-10,12,21H2,1-3H3. The van der Waals surface area contributed by atoms with E-state index in [0.717, 1.165) is 46.0 Å². The Morgan fingerprint density at radius 3 is 2.72 bits per heavy atom. The van der Waals surface area contributed by atoms with E-state index in [1.165, 1.54) is 0 Å². The van der Waals surface area contributed by atoms with Gasteiger partial charge in [-0.3, -0.25) is 4.79 Å². The zero-order valence-corrected chi connectivity index (χ0v) is 15.9. The molecular weight excluding hydrogens is 332 g/mol. The molecule has 25 heavy (non-hydrogen) atoms. The molecule has 1 aliphatic heterocycles. The van der Waals surface area contributed by atoms with Crippen LogP contribution in [0.2, 0.25) is 0 Å². The highest BCUT2D eigenvalue weighted by Gasteiger charge is 2.30. The molecule has 0 radical (unpaired) electrons. The van der Waals surface area contributed by atoms with Crippen LogP contribution in [0.5, 0.6) is 5.75 Å². The maximum absolute atomic E-state index is 13.0. The summed E-state index contributed by atoms with van der Waals surface area (Å²) in [6, 6.07) is 10.1. The molecule has 134 valence electrons. The lowest BCUT2D eigenvalue weighted by molar-refractivity contribution is 0.0578. The molecule has 0 aliphatic carbocycles. The molecule has 4 nitrogen and oxygen atoms in total. The summed E-state index contributed by atoms with van der Waals surface area (Å²) in [6.07, 6.45) is 2.05. The number of carbonyl (C=O) groups excluding carboxylic acids is 1. The molecular formula is C20H26N2O2S. The summed E-state index contributed by atoms with van der Waals surface area (Å²) < 4.78 is 5.22. The Hall–Kier alpha value is -1.85. The number of ether oxygens (including phenoxy) is 1. The van der Waals surface area contributed by atoms with Gasteiger partial charge >= 0.3 is 0 Å². The molecule has 1 amide bonds. The van der Waals surface area contributed by atoms with Crippen molar-refractivity contribution in [3.8, 4) is 16.9 Å². The number of methoxy groups -OCH3 is 1. The largest absolute Gasteiger partial charge is 0.497 e. The number of benzene rings is 1. The van der Waals surface area contributed by atoms with Crippen molar-refractivity contribution in [2.75, 3.05) is 20.2 Å². The molecule has 5 heteroatoms. The van der Waals surface area contributed by atoms with E-state index in [9.17, 15) is 4.79 Å². The summed E-state index contributed by atoms with van der Waals surface area (Å²) in [7, 11) is 1.66. The average molecular weight is 359 g/mol. The molecule has 2 aromatic rings. The monoisotopic (exact) mass is 358 g/mol. The van der Waals surface area contributed by atoms with Crippen molar-refractivity contribution < 1.29 is 9.53 Å². The Kier molecular flexibility index (Phi) is 5.45. The number of hydrogen-bond donors (Lipinski definition) is 1. The van der Waals surface area contributed by atoms with Gasteiger partial charge in [0.25, 0.3) is 5.91 Å². The number of nitrogens with zero attached hydrogens (tertiary/aromatic N) is 1. The highest BCUT2D eigenvalue weighted by Crippen LogP contribution is 2.34. The van der Waals surface area contributed by atoms with Crippen LogP contribution in [0.25, 0.3) is 11.1 Å². The van der Waals surface area contributed by atoms with E-state index >= 15 is 0 Å². The minimum Gasteiger partial charge on any atom is -0.497 e. The van der Waals surface area contributed by atoms with E-state index in [-0.39, 0.29) is 11.9 Å². The van der Waals surface area contributed by atoms with Crippen molar-refractivity contribution in [3.63, 3.8) is 0 Å². The van der Waals surface area contributed by atoms with Gasteiger partial charge in [-0.15, -0.1) is 11.3 Å². The van der Waals surface area contributed by atoms with Gasteiger partial charge in [-0.1, -0.05) is 19.1 Å². The predicted molar refractivity (Wildman–Crippen MR) is 103 cm³/mol. The second-order valence-corrected chi connectivity index (χ2v) is 8.08. The van der Waals surface area contributed by atoms with Crippen LogP contribution in [-0.4, -0.2) is 37.0 Å². The Bertz CT molecular complexity index is 739. The number of piperidine rings is 1. The summed E-state index contributed by atoms with van der Waals surface area (Å²) in [6.45, 7) is 5.64. The number of likely N-dealkylation sites (tertiary alicyclic amines) is 1. The molecule has 1 aromatic carbocycles. The van der Waals surface area contributed by atoms with Gasteiger partial charge in [0.15, 0.2) is 0 Å². The Balaban J connectivity index is 1.84. The number of nitrogens with two attached hydrogens (primary N) is 1. The maximum atomic E-state index is 13.0. The molecule has 1 aromatic heterocycles. The van der Waals surface area contributed by atoms with Crippen LogP contribution in [0.1, 0.15) is 34.3 Å². The summed E-state index contributed by atoms with van der Waals surface area (Å²) in [5.41, 5.74) is 8.15. The van der Waals surface area contributed by atoms with E-state index in [2.05, 4.69) is 13.8 Å². The number of rotatable bonds is 4. The van der Waals surface area contributed by atoms with Gasteiger partial charge in [0.05, 0.1) is 12.0 Å². The van der Waals surface area contributed by atoms with Crippen molar-refractivity contribution in [3.05, 3.63) is 40.1 Å². The van der Waals surface area contributed by atoms with Crippen LogP contribution in [0.15, 0.2) is 30.3 Å². The maximum Gasteiger partial charge on any atom is 0.264 e. The first-order valence-corrected chi connectivity index (χ1v) is 9.61. The van der Waals surface area contributed by atoms with E-state index < -0.39 is 0 Å². The number of aryl methyl sites for hydroxylation is 1. The summed E-state index contributed by atoms with van der Waals surface area (Å²) in [5.74, 6) is 1.59. The van der Waals surface area contributed by atoms with Gasteiger partial charge in [-0.05, 0) is 55.0 Å². The lowest BCUT2D eigenvalue weighted by Gasteiger charge is -2.37. The summed E-state index contributed by atoms with van der Waals surface area (Å²) >= 11 is 1.57. The summed E-state index contributed by atoms with van der Waals surface area (Å²) in [4.78, 5) is 17.0. The Labute approximate surface area is 153 Å². The van der Waals surface area contributed by atoms with Crippen molar-refractivity contribution in [2.45, 2.75) is 32.7 Å².